The van der Waals surface area contributed by atoms with E-state index in [0.717, 1.165) is 43.1 Å². The van der Waals surface area contributed by atoms with E-state index in [4.69, 9.17) is 0 Å². The Morgan fingerprint density at radius 2 is 1.69 bits per heavy atom. The molecule has 0 saturated carbocycles. The number of rotatable bonds is 3. The third-order valence-electron chi connectivity index (χ3n) is 6.69. The molecule has 2 aliphatic heterocycles. The lowest BCUT2D eigenvalue weighted by atomic mass is 9.85. The van der Waals surface area contributed by atoms with E-state index in [1.54, 1.807) is 17.4 Å². The van der Waals surface area contributed by atoms with E-state index in [1.807, 2.05) is 36.4 Å². The lowest BCUT2D eigenvalue weighted by molar-refractivity contribution is 0.0970. The molecule has 2 heterocycles. The monoisotopic (exact) mass is 406 g/mol. The molecule has 0 radical (unpaired) electrons. The lowest BCUT2D eigenvalue weighted by Gasteiger charge is -2.45. The van der Waals surface area contributed by atoms with E-state index in [1.165, 1.54) is 11.1 Å². The van der Waals surface area contributed by atoms with Crippen LogP contribution in [0.5, 0.6) is 0 Å². The van der Waals surface area contributed by atoms with Crippen LogP contribution in [0.3, 0.4) is 0 Å². The third kappa shape index (κ3) is 3.18. The molecule has 150 valence electrons. The summed E-state index contributed by atoms with van der Waals surface area (Å²) in [5.74, 6) is 0. The minimum Gasteiger partial charge on any atom is -0.296 e. The average Bonchev–Trinajstić information content (AvgIpc) is 2.77. The number of benzene rings is 3. The highest BCUT2D eigenvalue weighted by Gasteiger charge is 2.38. The van der Waals surface area contributed by atoms with Crippen LogP contribution in [0.1, 0.15) is 30.0 Å². The van der Waals surface area contributed by atoms with Gasteiger partial charge < -0.3 is 0 Å². The van der Waals surface area contributed by atoms with Crippen LogP contribution in [0.2, 0.25) is 0 Å². The van der Waals surface area contributed by atoms with Crippen molar-refractivity contribution in [1.82, 2.24) is 9.21 Å². The molecule has 0 N–H and O–H groups in total. The fourth-order valence-electron chi connectivity index (χ4n) is 5.04. The summed E-state index contributed by atoms with van der Waals surface area (Å²) >= 11 is 0. The fraction of sp³-hybridized carbons (Fsp3) is 0.333. The molecule has 5 rings (SSSR count). The van der Waals surface area contributed by atoms with E-state index in [9.17, 15) is 8.42 Å². The van der Waals surface area contributed by atoms with Crippen LogP contribution in [0.15, 0.2) is 71.6 Å². The SMILES string of the molecule is CN([C@@H]1CCN2CCc3ccccc3[C@@H]2C1)S(=O)(=O)c1cccc2ccccc12. The topological polar surface area (TPSA) is 40.6 Å². The smallest absolute Gasteiger partial charge is 0.243 e. The first kappa shape index (κ1) is 18.8. The summed E-state index contributed by atoms with van der Waals surface area (Å²) in [4.78, 5) is 2.93. The van der Waals surface area contributed by atoms with Crippen LogP contribution in [0, 0.1) is 0 Å². The van der Waals surface area contributed by atoms with Crippen molar-refractivity contribution in [3.63, 3.8) is 0 Å². The van der Waals surface area contributed by atoms with Crippen molar-refractivity contribution in [2.45, 2.75) is 36.2 Å². The average molecular weight is 407 g/mol. The molecule has 4 nitrogen and oxygen atoms in total. The third-order valence-corrected chi connectivity index (χ3v) is 8.66. The van der Waals surface area contributed by atoms with Gasteiger partial charge in [-0.25, -0.2) is 8.42 Å². The van der Waals surface area contributed by atoms with Crippen LogP contribution < -0.4 is 0 Å². The molecule has 5 heteroatoms. The highest BCUT2D eigenvalue weighted by Crippen LogP contribution is 2.39. The Morgan fingerprint density at radius 1 is 0.931 bits per heavy atom. The molecule has 2 atom stereocenters. The quantitative estimate of drug-likeness (QED) is 0.654. The molecular formula is C24H26N2O2S. The van der Waals surface area contributed by atoms with Crippen LogP contribution in [0.4, 0.5) is 0 Å². The van der Waals surface area contributed by atoms with Crippen LogP contribution in [-0.2, 0) is 16.4 Å². The van der Waals surface area contributed by atoms with Crippen LogP contribution in [-0.4, -0.2) is 43.8 Å². The number of sulfonamides is 1. The number of piperidine rings is 1. The summed E-state index contributed by atoms with van der Waals surface area (Å²) in [7, 11) is -1.81. The molecular weight excluding hydrogens is 380 g/mol. The second-order valence-electron chi connectivity index (χ2n) is 8.18. The molecule has 0 aromatic heterocycles. The number of nitrogens with zero attached hydrogens (tertiary/aromatic N) is 2. The van der Waals surface area contributed by atoms with E-state index >= 15 is 0 Å². The standard InChI is InChI=1S/C24H26N2O2S/c1-25(29(27,28)24-12-6-9-18-7-3-5-11-22(18)24)20-14-16-26-15-13-19-8-2-4-10-21(19)23(26)17-20/h2-12,20,23H,13-17H2,1H3/t20-,23+/m1/s1. The van der Waals surface area contributed by atoms with Gasteiger partial charge in [0.05, 0.1) is 4.90 Å². The predicted octanol–water partition coefficient (Wildman–Crippen LogP) is 4.22. The van der Waals surface area contributed by atoms with Gasteiger partial charge >= 0.3 is 0 Å². The minimum atomic E-state index is -3.57. The summed E-state index contributed by atoms with van der Waals surface area (Å²) in [6.45, 7) is 2.01. The maximum atomic E-state index is 13.6. The molecule has 0 amide bonds. The van der Waals surface area contributed by atoms with E-state index in [2.05, 4.69) is 29.2 Å². The van der Waals surface area contributed by atoms with E-state index in [0.29, 0.717) is 10.9 Å². The van der Waals surface area contributed by atoms with Gasteiger partial charge in [-0.3, -0.25) is 4.90 Å². The molecule has 0 spiro atoms. The summed E-state index contributed by atoms with van der Waals surface area (Å²) in [5, 5.41) is 1.75. The van der Waals surface area contributed by atoms with Gasteiger partial charge in [0.1, 0.15) is 0 Å². The molecule has 29 heavy (non-hydrogen) atoms. The maximum Gasteiger partial charge on any atom is 0.243 e. The second-order valence-corrected chi connectivity index (χ2v) is 10.1. The van der Waals surface area contributed by atoms with E-state index < -0.39 is 10.0 Å². The summed E-state index contributed by atoms with van der Waals surface area (Å²) in [5.41, 5.74) is 2.79. The maximum absolute atomic E-state index is 13.6. The zero-order valence-electron chi connectivity index (χ0n) is 16.7. The summed E-state index contributed by atoms with van der Waals surface area (Å²) in [6.07, 6.45) is 2.80. The Bertz CT molecular complexity index is 1150. The largest absolute Gasteiger partial charge is 0.296 e. The lowest BCUT2D eigenvalue weighted by Crippen LogP contribution is -2.48. The van der Waals surface area contributed by atoms with Crippen molar-refractivity contribution in [2.24, 2.45) is 0 Å². The van der Waals surface area contributed by atoms with Crippen molar-refractivity contribution in [3.05, 3.63) is 77.9 Å². The zero-order valence-corrected chi connectivity index (χ0v) is 17.5. The van der Waals surface area contributed by atoms with Gasteiger partial charge in [0.2, 0.25) is 10.0 Å². The minimum absolute atomic E-state index is 0.00590. The molecule has 2 aliphatic rings. The molecule has 3 aromatic rings. The molecule has 1 fully saturated rings. The van der Waals surface area contributed by atoms with Crippen LogP contribution in [0.25, 0.3) is 10.8 Å². The van der Waals surface area contributed by atoms with Gasteiger partial charge in [0.25, 0.3) is 0 Å². The Morgan fingerprint density at radius 3 is 2.59 bits per heavy atom. The summed E-state index contributed by atoms with van der Waals surface area (Å²) < 4.78 is 28.8. The highest BCUT2D eigenvalue weighted by atomic mass is 32.2. The fourth-order valence-corrected chi connectivity index (χ4v) is 6.65. The highest BCUT2D eigenvalue weighted by molar-refractivity contribution is 7.89. The number of fused-ring (bicyclic) bond motifs is 4. The summed E-state index contributed by atoms with van der Waals surface area (Å²) in [6, 6.07) is 22.2. The van der Waals surface area contributed by atoms with Gasteiger partial charge in [-0.1, -0.05) is 60.7 Å². The zero-order chi connectivity index (χ0) is 20.0. The van der Waals surface area contributed by atoms with Crippen LogP contribution >= 0.6 is 0 Å². The van der Waals surface area contributed by atoms with Crippen molar-refractivity contribution in [2.75, 3.05) is 20.1 Å². The van der Waals surface area contributed by atoms with Gasteiger partial charge in [0.15, 0.2) is 0 Å². The Labute approximate surface area is 172 Å². The van der Waals surface area contributed by atoms with E-state index in [-0.39, 0.29) is 6.04 Å². The van der Waals surface area contributed by atoms with Gasteiger partial charge in [-0.15, -0.1) is 0 Å². The molecule has 0 unspecified atom stereocenters. The van der Waals surface area contributed by atoms with Crippen molar-refractivity contribution >= 4 is 20.8 Å². The van der Waals surface area contributed by atoms with Gasteiger partial charge in [-0.2, -0.15) is 4.31 Å². The van der Waals surface area contributed by atoms with Crippen molar-refractivity contribution in [3.8, 4) is 0 Å². The molecule has 0 bridgehead atoms. The first-order valence-electron chi connectivity index (χ1n) is 10.3. The number of hydrogen-bond donors (Lipinski definition) is 0. The van der Waals surface area contributed by atoms with Crippen molar-refractivity contribution in [1.29, 1.82) is 0 Å². The first-order valence-corrected chi connectivity index (χ1v) is 11.8. The predicted molar refractivity (Wildman–Crippen MR) is 116 cm³/mol. The van der Waals surface area contributed by atoms with Gasteiger partial charge in [-0.05, 0) is 41.8 Å². The Balaban J connectivity index is 1.47. The Kier molecular flexibility index (Phi) is 4.69. The normalized spacial score (nSPS) is 22.4. The molecule has 0 aliphatic carbocycles. The molecule has 3 aromatic carbocycles. The van der Waals surface area contributed by atoms with Crippen molar-refractivity contribution < 1.29 is 8.42 Å². The first-order chi connectivity index (χ1) is 14.1. The Hall–Kier alpha value is -2.21. The number of hydrogen-bond acceptors (Lipinski definition) is 3. The van der Waals surface area contributed by atoms with Gasteiger partial charge in [0, 0.05) is 37.6 Å². The second kappa shape index (κ2) is 7.24. The molecule has 1 saturated heterocycles.